The molecule has 0 aliphatic heterocycles. The van der Waals surface area contributed by atoms with Gasteiger partial charge in [0.05, 0.1) is 0 Å². The number of hydrogen-bond acceptors (Lipinski definition) is 5. The minimum Gasteiger partial charge on any atom is -0.350 e. The Kier molecular flexibility index (Phi) is 5.59. The van der Waals surface area contributed by atoms with E-state index in [0.29, 0.717) is 23.5 Å². The standard InChI is InChI=1S/C14H17Cl2N5/c1-3-21(4-2)14-19-12(16)18-13(20-14)17-9-10-7-5-6-8-11(10)15/h5-8H,3-4,9H2,1-2H3,(H,17,18,19,20). The number of rotatable bonds is 6. The molecule has 2 rings (SSSR count). The van der Waals surface area contributed by atoms with Gasteiger partial charge < -0.3 is 10.2 Å². The first kappa shape index (κ1) is 15.8. The zero-order valence-corrected chi connectivity index (χ0v) is 13.5. The summed E-state index contributed by atoms with van der Waals surface area (Å²) in [4.78, 5) is 14.6. The molecule has 1 aromatic carbocycles. The molecule has 1 heterocycles. The summed E-state index contributed by atoms with van der Waals surface area (Å²) in [6.45, 7) is 6.22. The molecule has 0 spiro atoms. The Morgan fingerprint density at radius 3 is 2.43 bits per heavy atom. The van der Waals surface area contributed by atoms with Gasteiger partial charge in [0.1, 0.15) is 0 Å². The van der Waals surface area contributed by atoms with Crippen molar-refractivity contribution in [1.82, 2.24) is 15.0 Å². The van der Waals surface area contributed by atoms with E-state index < -0.39 is 0 Å². The van der Waals surface area contributed by atoms with Crippen LogP contribution in [0.25, 0.3) is 0 Å². The quantitative estimate of drug-likeness (QED) is 0.878. The number of nitrogens with one attached hydrogen (secondary N) is 1. The van der Waals surface area contributed by atoms with Crippen LogP contribution in [-0.2, 0) is 6.54 Å². The molecule has 5 nitrogen and oxygen atoms in total. The van der Waals surface area contributed by atoms with E-state index >= 15 is 0 Å². The maximum atomic E-state index is 6.12. The molecule has 21 heavy (non-hydrogen) atoms. The average Bonchev–Trinajstić information content (AvgIpc) is 2.47. The highest BCUT2D eigenvalue weighted by Gasteiger charge is 2.10. The van der Waals surface area contributed by atoms with Crippen molar-refractivity contribution in [3.8, 4) is 0 Å². The van der Waals surface area contributed by atoms with Gasteiger partial charge in [0.15, 0.2) is 0 Å². The third-order valence-electron chi connectivity index (χ3n) is 3.04. The maximum Gasteiger partial charge on any atom is 0.231 e. The topological polar surface area (TPSA) is 53.9 Å². The molecule has 0 bridgehead atoms. The van der Waals surface area contributed by atoms with Gasteiger partial charge in [-0.25, -0.2) is 0 Å². The van der Waals surface area contributed by atoms with Crippen LogP contribution in [0.4, 0.5) is 11.9 Å². The second-order valence-electron chi connectivity index (χ2n) is 4.35. The molecule has 0 unspecified atom stereocenters. The molecule has 1 N–H and O–H groups in total. The van der Waals surface area contributed by atoms with E-state index in [1.54, 1.807) is 0 Å². The van der Waals surface area contributed by atoms with Crippen molar-refractivity contribution in [2.75, 3.05) is 23.3 Å². The van der Waals surface area contributed by atoms with Gasteiger partial charge in [-0.05, 0) is 37.1 Å². The summed E-state index contributed by atoms with van der Waals surface area (Å²) in [5, 5.41) is 4.01. The molecule has 0 saturated carbocycles. The Morgan fingerprint density at radius 2 is 1.76 bits per heavy atom. The highest BCUT2D eigenvalue weighted by Crippen LogP contribution is 2.17. The van der Waals surface area contributed by atoms with E-state index in [1.807, 2.05) is 43.0 Å². The predicted octanol–water partition coefficient (Wildman–Crippen LogP) is 3.64. The summed E-state index contributed by atoms with van der Waals surface area (Å²) >= 11 is 12.1. The summed E-state index contributed by atoms with van der Waals surface area (Å²) < 4.78 is 0. The second-order valence-corrected chi connectivity index (χ2v) is 5.09. The Hall–Kier alpha value is -1.59. The largest absolute Gasteiger partial charge is 0.350 e. The number of benzene rings is 1. The first-order valence-electron chi connectivity index (χ1n) is 6.77. The fraction of sp³-hybridized carbons (Fsp3) is 0.357. The van der Waals surface area contributed by atoms with Gasteiger partial charge in [-0.1, -0.05) is 29.8 Å². The first-order chi connectivity index (χ1) is 10.1. The summed E-state index contributed by atoms with van der Waals surface area (Å²) in [7, 11) is 0. The summed E-state index contributed by atoms with van der Waals surface area (Å²) in [5.74, 6) is 1.01. The predicted molar refractivity (Wildman–Crippen MR) is 87.2 cm³/mol. The molecule has 0 amide bonds. The van der Waals surface area contributed by atoms with E-state index in [0.717, 1.165) is 18.7 Å². The SMILES string of the molecule is CCN(CC)c1nc(Cl)nc(NCc2ccccc2Cl)n1. The molecule has 0 radical (unpaired) electrons. The van der Waals surface area contributed by atoms with E-state index in [-0.39, 0.29) is 5.28 Å². The minimum atomic E-state index is 0.175. The number of halogens is 2. The van der Waals surface area contributed by atoms with Crippen molar-refractivity contribution in [1.29, 1.82) is 0 Å². The van der Waals surface area contributed by atoms with Gasteiger partial charge in [0.25, 0.3) is 0 Å². The minimum absolute atomic E-state index is 0.175. The van der Waals surface area contributed by atoms with Gasteiger partial charge >= 0.3 is 0 Å². The lowest BCUT2D eigenvalue weighted by molar-refractivity contribution is 0.811. The summed E-state index contributed by atoms with van der Waals surface area (Å²) in [6, 6.07) is 7.62. The van der Waals surface area contributed by atoms with Crippen LogP contribution in [0.2, 0.25) is 10.3 Å². The molecule has 112 valence electrons. The van der Waals surface area contributed by atoms with Gasteiger partial charge in [-0.2, -0.15) is 15.0 Å². The summed E-state index contributed by atoms with van der Waals surface area (Å²) in [5.41, 5.74) is 0.972. The first-order valence-corrected chi connectivity index (χ1v) is 7.53. The van der Waals surface area contributed by atoms with Crippen molar-refractivity contribution in [3.05, 3.63) is 40.1 Å². The van der Waals surface area contributed by atoms with Gasteiger partial charge in [-0.3, -0.25) is 0 Å². The molecule has 7 heteroatoms. The summed E-state index contributed by atoms with van der Waals surface area (Å²) in [6.07, 6.45) is 0. The van der Waals surface area contributed by atoms with Gasteiger partial charge in [0, 0.05) is 24.7 Å². The third kappa shape index (κ3) is 4.19. The monoisotopic (exact) mass is 325 g/mol. The number of anilines is 2. The molecule has 0 saturated heterocycles. The molecular formula is C14H17Cl2N5. The van der Waals surface area contributed by atoms with Gasteiger partial charge in [0.2, 0.25) is 17.2 Å². The maximum absolute atomic E-state index is 6.12. The van der Waals surface area contributed by atoms with Crippen LogP contribution in [0.1, 0.15) is 19.4 Å². The van der Waals surface area contributed by atoms with E-state index in [9.17, 15) is 0 Å². The van der Waals surface area contributed by atoms with Crippen LogP contribution < -0.4 is 10.2 Å². The lowest BCUT2D eigenvalue weighted by Gasteiger charge is -2.18. The van der Waals surface area contributed by atoms with Crippen molar-refractivity contribution in [3.63, 3.8) is 0 Å². The molecular weight excluding hydrogens is 309 g/mol. The normalized spacial score (nSPS) is 10.5. The fourth-order valence-electron chi connectivity index (χ4n) is 1.88. The Labute approximate surface area is 134 Å². The van der Waals surface area contributed by atoms with Crippen LogP contribution in [-0.4, -0.2) is 28.0 Å². The van der Waals surface area contributed by atoms with Crippen LogP contribution in [0.3, 0.4) is 0 Å². The highest BCUT2D eigenvalue weighted by molar-refractivity contribution is 6.31. The lowest BCUT2D eigenvalue weighted by Crippen LogP contribution is -2.25. The van der Waals surface area contributed by atoms with E-state index in [1.165, 1.54) is 0 Å². The Morgan fingerprint density at radius 1 is 1.05 bits per heavy atom. The zero-order valence-electron chi connectivity index (χ0n) is 12.0. The molecule has 0 aliphatic carbocycles. The average molecular weight is 326 g/mol. The Bertz CT molecular complexity index is 602. The number of aromatic nitrogens is 3. The third-order valence-corrected chi connectivity index (χ3v) is 3.58. The van der Waals surface area contributed by atoms with Crippen LogP contribution in [0.5, 0.6) is 0 Å². The molecule has 1 aromatic heterocycles. The lowest BCUT2D eigenvalue weighted by atomic mass is 10.2. The van der Waals surface area contributed by atoms with Crippen molar-refractivity contribution in [2.24, 2.45) is 0 Å². The van der Waals surface area contributed by atoms with Crippen LogP contribution in [0, 0.1) is 0 Å². The van der Waals surface area contributed by atoms with Gasteiger partial charge in [-0.15, -0.1) is 0 Å². The fourth-order valence-corrected chi connectivity index (χ4v) is 2.24. The van der Waals surface area contributed by atoms with Crippen LogP contribution >= 0.6 is 23.2 Å². The molecule has 0 fully saturated rings. The van der Waals surface area contributed by atoms with E-state index in [4.69, 9.17) is 23.2 Å². The van der Waals surface area contributed by atoms with Crippen LogP contribution in [0.15, 0.2) is 24.3 Å². The van der Waals surface area contributed by atoms with E-state index in [2.05, 4.69) is 20.3 Å². The van der Waals surface area contributed by atoms with Crippen molar-refractivity contribution in [2.45, 2.75) is 20.4 Å². The molecule has 0 aliphatic rings. The highest BCUT2D eigenvalue weighted by atomic mass is 35.5. The van der Waals surface area contributed by atoms with Crippen molar-refractivity contribution >= 4 is 35.1 Å². The Balaban J connectivity index is 2.15. The number of nitrogens with zero attached hydrogens (tertiary/aromatic N) is 4. The molecule has 0 atom stereocenters. The second kappa shape index (κ2) is 7.43. The smallest absolute Gasteiger partial charge is 0.231 e. The zero-order chi connectivity index (χ0) is 15.2. The molecule has 2 aromatic rings. The number of hydrogen-bond donors (Lipinski definition) is 1. The van der Waals surface area contributed by atoms with Crippen molar-refractivity contribution < 1.29 is 0 Å².